The van der Waals surface area contributed by atoms with Crippen molar-refractivity contribution in [2.45, 2.75) is 32.6 Å². The SMILES string of the molecule is CC(=O)Cn1c2c(c3ccccc31)CCNC2.O=C(O)C(F)(F)F. The molecule has 0 saturated carbocycles. The highest BCUT2D eigenvalue weighted by molar-refractivity contribution is 5.87. The molecule has 130 valence electrons. The lowest BCUT2D eigenvalue weighted by Crippen LogP contribution is -2.25. The Hall–Kier alpha value is -2.35. The van der Waals surface area contributed by atoms with Gasteiger partial charge in [-0.05, 0) is 31.5 Å². The van der Waals surface area contributed by atoms with Crippen LogP contribution in [0.3, 0.4) is 0 Å². The number of hydrogen-bond acceptors (Lipinski definition) is 3. The Morgan fingerprint density at radius 1 is 1.29 bits per heavy atom. The molecule has 0 aliphatic carbocycles. The number of nitrogens with one attached hydrogen (secondary N) is 1. The average Bonchev–Trinajstić information content (AvgIpc) is 2.82. The molecule has 5 nitrogen and oxygen atoms in total. The summed E-state index contributed by atoms with van der Waals surface area (Å²) in [6, 6.07) is 8.38. The van der Waals surface area contributed by atoms with Crippen molar-refractivity contribution in [3.8, 4) is 0 Å². The molecular weight excluding hydrogens is 325 g/mol. The van der Waals surface area contributed by atoms with Gasteiger partial charge in [0.2, 0.25) is 0 Å². The van der Waals surface area contributed by atoms with Gasteiger partial charge in [-0.25, -0.2) is 4.79 Å². The summed E-state index contributed by atoms with van der Waals surface area (Å²) < 4.78 is 33.9. The second-order valence-electron chi connectivity index (χ2n) is 5.46. The molecule has 0 amide bonds. The predicted octanol–water partition coefficient (Wildman–Crippen LogP) is 2.51. The first-order valence-electron chi connectivity index (χ1n) is 7.31. The molecule has 0 radical (unpaired) electrons. The molecule has 0 unspecified atom stereocenters. The van der Waals surface area contributed by atoms with Gasteiger partial charge in [0, 0.05) is 23.1 Å². The average molecular weight is 342 g/mol. The minimum atomic E-state index is -5.08. The predicted molar refractivity (Wildman–Crippen MR) is 81.7 cm³/mol. The van der Waals surface area contributed by atoms with Crippen LogP contribution >= 0.6 is 0 Å². The van der Waals surface area contributed by atoms with Crippen LogP contribution in [0.5, 0.6) is 0 Å². The summed E-state index contributed by atoms with van der Waals surface area (Å²) in [4.78, 5) is 20.3. The summed E-state index contributed by atoms with van der Waals surface area (Å²) >= 11 is 0. The standard InChI is InChI=1S/C14H16N2O.C2HF3O2/c1-10(17)9-16-13-5-3-2-4-11(13)12-6-7-15-8-14(12)16;3-2(4,5)1(6)7/h2-5,15H,6-9H2,1H3;(H,6,7). The van der Waals surface area contributed by atoms with Gasteiger partial charge in [-0.15, -0.1) is 0 Å². The number of nitrogens with zero attached hydrogens (tertiary/aromatic N) is 1. The number of para-hydroxylation sites is 1. The summed E-state index contributed by atoms with van der Waals surface area (Å²) in [6.45, 7) is 4.04. The van der Waals surface area contributed by atoms with Crippen molar-refractivity contribution < 1.29 is 27.9 Å². The van der Waals surface area contributed by atoms with Crippen molar-refractivity contribution in [1.29, 1.82) is 0 Å². The van der Waals surface area contributed by atoms with Gasteiger partial charge in [0.05, 0.1) is 6.54 Å². The maximum atomic E-state index is 11.4. The van der Waals surface area contributed by atoms with Gasteiger partial charge < -0.3 is 15.0 Å². The number of carbonyl (C=O) groups excluding carboxylic acids is 1. The highest BCUT2D eigenvalue weighted by atomic mass is 19.4. The number of fused-ring (bicyclic) bond motifs is 3. The lowest BCUT2D eigenvalue weighted by Gasteiger charge is -2.16. The third-order valence-corrected chi connectivity index (χ3v) is 3.66. The third kappa shape index (κ3) is 3.94. The third-order valence-electron chi connectivity index (χ3n) is 3.66. The largest absolute Gasteiger partial charge is 0.490 e. The highest BCUT2D eigenvalue weighted by Gasteiger charge is 2.38. The van der Waals surface area contributed by atoms with Gasteiger partial charge in [-0.2, -0.15) is 13.2 Å². The summed E-state index contributed by atoms with van der Waals surface area (Å²) in [5.74, 6) is -2.55. The Morgan fingerprint density at radius 3 is 2.50 bits per heavy atom. The minimum Gasteiger partial charge on any atom is -0.475 e. The number of Topliss-reactive ketones (excluding diaryl/α,β-unsaturated/α-hetero) is 1. The zero-order chi connectivity index (χ0) is 17.9. The van der Waals surface area contributed by atoms with E-state index in [9.17, 15) is 18.0 Å². The van der Waals surface area contributed by atoms with Crippen LogP contribution in [0.25, 0.3) is 10.9 Å². The maximum Gasteiger partial charge on any atom is 0.490 e. The second kappa shape index (κ2) is 7.04. The Kier molecular flexibility index (Phi) is 5.28. The number of halogens is 3. The van der Waals surface area contributed by atoms with Crippen LogP contribution in [0.1, 0.15) is 18.2 Å². The fourth-order valence-electron chi connectivity index (χ4n) is 2.73. The van der Waals surface area contributed by atoms with Gasteiger partial charge in [0.25, 0.3) is 0 Å². The van der Waals surface area contributed by atoms with Gasteiger partial charge in [-0.3, -0.25) is 4.79 Å². The van der Waals surface area contributed by atoms with E-state index >= 15 is 0 Å². The molecule has 1 aromatic heterocycles. The lowest BCUT2D eigenvalue weighted by molar-refractivity contribution is -0.192. The molecule has 0 saturated heterocycles. The molecule has 2 aromatic rings. The Morgan fingerprint density at radius 2 is 1.92 bits per heavy atom. The molecule has 2 heterocycles. The van der Waals surface area contributed by atoms with E-state index in [1.165, 1.54) is 22.2 Å². The van der Waals surface area contributed by atoms with Crippen molar-refractivity contribution in [3.05, 3.63) is 35.5 Å². The number of alkyl halides is 3. The molecule has 0 fully saturated rings. The first-order valence-corrected chi connectivity index (χ1v) is 7.31. The minimum absolute atomic E-state index is 0.208. The smallest absolute Gasteiger partial charge is 0.475 e. The molecule has 24 heavy (non-hydrogen) atoms. The van der Waals surface area contributed by atoms with Gasteiger partial charge in [0.1, 0.15) is 5.78 Å². The number of carboxylic acid groups (broad SMARTS) is 1. The number of ketones is 1. The number of carbonyl (C=O) groups is 2. The Balaban J connectivity index is 0.000000256. The molecule has 1 aromatic carbocycles. The van der Waals surface area contributed by atoms with Gasteiger partial charge >= 0.3 is 12.1 Å². The van der Waals surface area contributed by atoms with E-state index in [-0.39, 0.29) is 5.78 Å². The van der Waals surface area contributed by atoms with Crippen LogP contribution in [0.2, 0.25) is 0 Å². The number of benzene rings is 1. The monoisotopic (exact) mass is 342 g/mol. The van der Waals surface area contributed by atoms with Crippen LogP contribution < -0.4 is 5.32 Å². The van der Waals surface area contributed by atoms with Crippen LogP contribution in [-0.2, 0) is 29.1 Å². The fourth-order valence-corrected chi connectivity index (χ4v) is 2.73. The van der Waals surface area contributed by atoms with Gasteiger partial charge in [0.15, 0.2) is 0 Å². The number of aromatic nitrogens is 1. The van der Waals surface area contributed by atoms with Crippen molar-refractivity contribution in [2.24, 2.45) is 0 Å². The Bertz CT molecular complexity index is 766. The molecule has 0 atom stereocenters. The lowest BCUT2D eigenvalue weighted by atomic mass is 10.1. The summed E-state index contributed by atoms with van der Waals surface area (Å²) in [6.07, 6.45) is -4.03. The molecule has 1 aliphatic rings. The van der Waals surface area contributed by atoms with E-state index in [2.05, 4.69) is 28.1 Å². The zero-order valence-electron chi connectivity index (χ0n) is 13.0. The highest BCUT2D eigenvalue weighted by Crippen LogP contribution is 2.28. The quantitative estimate of drug-likeness (QED) is 0.880. The Labute approximate surface area is 136 Å². The molecule has 3 rings (SSSR count). The van der Waals surface area contributed by atoms with Crippen molar-refractivity contribution in [2.75, 3.05) is 6.54 Å². The molecule has 8 heteroatoms. The topological polar surface area (TPSA) is 71.3 Å². The van der Waals surface area contributed by atoms with E-state index < -0.39 is 12.1 Å². The van der Waals surface area contributed by atoms with Crippen LogP contribution in [0, 0.1) is 0 Å². The van der Waals surface area contributed by atoms with Crippen LogP contribution in [-0.4, -0.2) is 34.1 Å². The zero-order valence-corrected chi connectivity index (χ0v) is 13.0. The van der Waals surface area contributed by atoms with Crippen molar-refractivity contribution >= 4 is 22.7 Å². The number of hydrogen-bond donors (Lipinski definition) is 2. The number of rotatable bonds is 2. The van der Waals surface area contributed by atoms with E-state index in [1.54, 1.807) is 6.92 Å². The first-order chi connectivity index (χ1) is 11.2. The van der Waals surface area contributed by atoms with E-state index in [4.69, 9.17) is 9.90 Å². The summed E-state index contributed by atoms with van der Waals surface area (Å²) in [7, 11) is 0. The van der Waals surface area contributed by atoms with E-state index in [1.807, 2.05) is 6.07 Å². The number of aliphatic carboxylic acids is 1. The summed E-state index contributed by atoms with van der Waals surface area (Å²) in [5.41, 5.74) is 3.89. The number of carboxylic acids is 1. The second-order valence-corrected chi connectivity index (χ2v) is 5.46. The van der Waals surface area contributed by atoms with Crippen LogP contribution in [0.15, 0.2) is 24.3 Å². The summed E-state index contributed by atoms with van der Waals surface area (Å²) in [5, 5.41) is 11.8. The van der Waals surface area contributed by atoms with E-state index in [0.29, 0.717) is 6.54 Å². The van der Waals surface area contributed by atoms with Gasteiger partial charge in [-0.1, -0.05) is 18.2 Å². The molecule has 1 aliphatic heterocycles. The first kappa shape index (κ1) is 18.0. The normalized spacial score (nSPS) is 13.8. The maximum absolute atomic E-state index is 11.4. The van der Waals surface area contributed by atoms with Crippen LogP contribution in [0.4, 0.5) is 13.2 Å². The van der Waals surface area contributed by atoms with E-state index in [0.717, 1.165) is 19.5 Å². The fraction of sp³-hybridized carbons (Fsp3) is 0.375. The molecule has 0 spiro atoms. The molecule has 2 N–H and O–H groups in total. The molecule has 0 bridgehead atoms. The van der Waals surface area contributed by atoms with Crippen molar-refractivity contribution in [3.63, 3.8) is 0 Å². The van der Waals surface area contributed by atoms with Crippen molar-refractivity contribution in [1.82, 2.24) is 9.88 Å². The molecular formula is C16H17F3N2O3.